The number of benzene rings is 1. The molecule has 0 fully saturated rings. The van der Waals surface area contributed by atoms with Crippen molar-refractivity contribution in [1.82, 2.24) is 5.32 Å². The molecule has 1 nitrogen and oxygen atoms in total. The standard InChI is InChI=1S/C16H25N/c1-6-7-17-11-13(3)10-16-14(4)8-12(2)9-15(16)5/h8-10,17H,6-7,11H2,1-5H3. The lowest BCUT2D eigenvalue weighted by atomic mass is 9.98. The maximum absolute atomic E-state index is 3.44. The number of hydrogen-bond donors (Lipinski definition) is 1. The minimum Gasteiger partial charge on any atom is -0.313 e. The molecule has 0 heterocycles. The second kappa shape index (κ2) is 6.61. The Morgan fingerprint density at radius 3 is 2.29 bits per heavy atom. The molecule has 0 aliphatic carbocycles. The minimum absolute atomic E-state index is 0.987. The molecule has 17 heavy (non-hydrogen) atoms. The molecule has 0 atom stereocenters. The van der Waals surface area contributed by atoms with Gasteiger partial charge in [-0.1, -0.05) is 36.3 Å². The Kier molecular flexibility index (Phi) is 5.43. The summed E-state index contributed by atoms with van der Waals surface area (Å²) in [5.41, 5.74) is 6.87. The Bertz CT molecular complexity index is 379. The number of hydrogen-bond acceptors (Lipinski definition) is 1. The summed E-state index contributed by atoms with van der Waals surface area (Å²) in [4.78, 5) is 0. The minimum atomic E-state index is 0.987. The van der Waals surface area contributed by atoms with E-state index in [9.17, 15) is 0 Å². The van der Waals surface area contributed by atoms with Crippen molar-refractivity contribution in [3.05, 3.63) is 40.0 Å². The Balaban J connectivity index is 2.82. The molecule has 1 heteroatoms. The predicted octanol–water partition coefficient (Wildman–Crippen LogP) is 4.01. The molecule has 0 aliphatic heterocycles. The summed E-state index contributed by atoms with van der Waals surface area (Å²) in [5, 5.41) is 3.44. The zero-order chi connectivity index (χ0) is 12.8. The van der Waals surface area contributed by atoms with Crippen LogP contribution in [0.25, 0.3) is 6.08 Å². The normalized spacial score (nSPS) is 11.9. The monoisotopic (exact) mass is 231 g/mol. The van der Waals surface area contributed by atoms with Gasteiger partial charge in [0.05, 0.1) is 0 Å². The molecule has 0 aliphatic rings. The molecular formula is C16H25N. The van der Waals surface area contributed by atoms with E-state index in [0.717, 1.165) is 13.1 Å². The van der Waals surface area contributed by atoms with Crippen LogP contribution in [0.5, 0.6) is 0 Å². The van der Waals surface area contributed by atoms with E-state index in [2.05, 4.69) is 58.1 Å². The average molecular weight is 231 g/mol. The van der Waals surface area contributed by atoms with Crippen molar-refractivity contribution in [3.63, 3.8) is 0 Å². The lowest BCUT2D eigenvalue weighted by Crippen LogP contribution is -2.16. The van der Waals surface area contributed by atoms with Gasteiger partial charge < -0.3 is 5.32 Å². The van der Waals surface area contributed by atoms with Crippen LogP contribution in [0.2, 0.25) is 0 Å². The van der Waals surface area contributed by atoms with Gasteiger partial charge in [-0.15, -0.1) is 0 Å². The molecular weight excluding hydrogens is 206 g/mol. The molecule has 0 saturated carbocycles. The van der Waals surface area contributed by atoms with E-state index < -0.39 is 0 Å². The smallest absolute Gasteiger partial charge is 0.0165 e. The van der Waals surface area contributed by atoms with E-state index in [1.54, 1.807) is 0 Å². The summed E-state index contributed by atoms with van der Waals surface area (Å²) >= 11 is 0. The van der Waals surface area contributed by atoms with Crippen molar-refractivity contribution < 1.29 is 0 Å². The molecule has 0 saturated heterocycles. The average Bonchev–Trinajstić information content (AvgIpc) is 2.24. The van der Waals surface area contributed by atoms with Crippen LogP contribution in [0.4, 0.5) is 0 Å². The molecule has 0 radical (unpaired) electrons. The summed E-state index contributed by atoms with van der Waals surface area (Å²) in [7, 11) is 0. The van der Waals surface area contributed by atoms with E-state index >= 15 is 0 Å². The van der Waals surface area contributed by atoms with E-state index in [0.29, 0.717) is 0 Å². The Morgan fingerprint density at radius 1 is 1.18 bits per heavy atom. The van der Waals surface area contributed by atoms with Gasteiger partial charge in [-0.05, 0) is 57.4 Å². The van der Waals surface area contributed by atoms with Gasteiger partial charge in [0.1, 0.15) is 0 Å². The lowest BCUT2D eigenvalue weighted by molar-refractivity contribution is 0.715. The summed E-state index contributed by atoms with van der Waals surface area (Å²) in [6.45, 7) is 13.0. The molecule has 0 amide bonds. The van der Waals surface area contributed by atoms with E-state index in [1.165, 1.54) is 34.2 Å². The first-order chi connectivity index (χ1) is 8.04. The highest BCUT2D eigenvalue weighted by Gasteiger charge is 2.01. The highest BCUT2D eigenvalue weighted by Crippen LogP contribution is 2.19. The van der Waals surface area contributed by atoms with Crippen molar-refractivity contribution in [2.75, 3.05) is 13.1 Å². The van der Waals surface area contributed by atoms with Crippen LogP contribution < -0.4 is 5.32 Å². The van der Waals surface area contributed by atoms with E-state index in [1.807, 2.05) is 0 Å². The van der Waals surface area contributed by atoms with Crippen LogP contribution in [-0.2, 0) is 0 Å². The van der Waals surface area contributed by atoms with Gasteiger partial charge in [0.25, 0.3) is 0 Å². The Hall–Kier alpha value is -1.08. The lowest BCUT2D eigenvalue weighted by Gasteiger charge is -2.09. The fraction of sp³-hybridized carbons (Fsp3) is 0.500. The van der Waals surface area contributed by atoms with Crippen molar-refractivity contribution in [1.29, 1.82) is 0 Å². The second-order valence-corrected chi connectivity index (χ2v) is 4.98. The van der Waals surface area contributed by atoms with Crippen LogP contribution in [0.15, 0.2) is 17.7 Å². The largest absolute Gasteiger partial charge is 0.313 e. The van der Waals surface area contributed by atoms with Gasteiger partial charge in [-0.3, -0.25) is 0 Å². The predicted molar refractivity (Wildman–Crippen MR) is 77.5 cm³/mol. The van der Waals surface area contributed by atoms with Crippen LogP contribution in [-0.4, -0.2) is 13.1 Å². The van der Waals surface area contributed by atoms with Crippen LogP contribution >= 0.6 is 0 Å². The third-order valence-electron chi connectivity index (χ3n) is 2.96. The maximum atomic E-state index is 3.44. The van der Waals surface area contributed by atoms with Crippen molar-refractivity contribution >= 4 is 6.08 Å². The molecule has 0 aromatic heterocycles. The van der Waals surface area contributed by atoms with Gasteiger partial charge in [0.2, 0.25) is 0 Å². The molecule has 1 aromatic carbocycles. The zero-order valence-corrected chi connectivity index (χ0v) is 11.9. The number of nitrogens with one attached hydrogen (secondary N) is 1. The Morgan fingerprint density at radius 2 is 1.76 bits per heavy atom. The zero-order valence-electron chi connectivity index (χ0n) is 11.9. The van der Waals surface area contributed by atoms with Gasteiger partial charge in [-0.25, -0.2) is 0 Å². The van der Waals surface area contributed by atoms with Gasteiger partial charge in [0.15, 0.2) is 0 Å². The molecule has 1 aromatic rings. The highest BCUT2D eigenvalue weighted by atomic mass is 14.8. The van der Waals surface area contributed by atoms with E-state index in [4.69, 9.17) is 0 Å². The highest BCUT2D eigenvalue weighted by molar-refractivity contribution is 5.60. The van der Waals surface area contributed by atoms with Crippen molar-refractivity contribution in [2.24, 2.45) is 0 Å². The molecule has 1 N–H and O–H groups in total. The third-order valence-corrected chi connectivity index (χ3v) is 2.96. The quantitative estimate of drug-likeness (QED) is 0.755. The fourth-order valence-corrected chi connectivity index (χ4v) is 2.18. The molecule has 0 unspecified atom stereocenters. The first-order valence-corrected chi connectivity index (χ1v) is 6.50. The van der Waals surface area contributed by atoms with Gasteiger partial charge in [-0.2, -0.15) is 0 Å². The van der Waals surface area contributed by atoms with Gasteiger partial charge in [0, 0.05) is 6.54 Å². The van der Waals surface area contributed by atoms with Crippen LogP contribution in [0.1, 0.15) is 42.5 Å². The summed E-state index contributed by atoms with van der Waals surface area (Å²) in [6, 6.07) is 4.51. The second-order valence-electron chi connectivity index (χ2n) is 4.98. The maximum Gasteiger partial charge on any atom is 0.0165 e. The molecule has 94 valence electrons. The SMILES string of the molecule is CCCNCC(C)=Cc1c(C)cc(C)cc1C. The number of aryl methyl sites for hydroxylation is 3. The van der Waals surface area contributed by atoms with Gasteiger partial charge >= 0.3 is 0 Å². The molecule has 0 spiro atoms. The molecule has 0 bridgehead atoms. The first kappa shape index (κ1) is 14.0. The number of rotatable bonds is 5. The first-order valence-electron chi connectivity index (χ1n) is 6.50. The summed E-state index contributed by atoms with van der Waals surface area (Å²) in [6.07, 6.45) is 3.50. The summed E-state index contributed by atoms with van der Waals surface area (Å²) < 4.78 is 0. The Labute approximate surface area is 106 Å². The third kappa shape index (κ3) is 4.35. The van der Waals surface area contributed by atoms with Crippen LogP contribution in [0.3, 0.4) is 0 Å². The van der Waals surface area contributed by atoms with Crippen LogP contribution in [0, 0.1) is 20.8 Å². The van der Waals surface area contributed by atoms with E-state index in [-0.39, 0.29) is 0 Å². The summed E-state index contributed by atoms with van der Waals surface area (Å²) in [5.74, 6) is 0. The molecule has 1 rings (SSSR count). The van der Waals surface area contributed by atoms with Crippen molar-refractivity contribution in [3.8, 4) is 0 Å². The topological polar surface area (TPSA) is 12.0 Å². The fourth-order valence-electron chi connectivity index (χ4n) is 2.18. The van der Waals surface area contributed by atoms with Crippen molar-refractivity contribution in [2.45, 2.75) is 41.0 Å².